The van der Waals surface area contributed by atoms with Crippen LogP contribution in [-0.4, -0.2) is 43.4 Å². The summed E-state index contributed by atoms with van der Waals surface area (Å²) in [4.78, 5) is 18.1. The van der Waals surface area contributed by atoms with Gasteiger partial charge < -0.3 is 13.9 Å². The number of hydrogen-bond acceptors (Lipinski definition) is 6. The molecule has 26 heavy (non-hydrogen) atoms. The molecule has 0 aliphatic heterocycles. The Morgan fingerprint density at radius 2 is 2.08 bits per heavy atom. The van der Waals surface area contributed by atoms with Crippen molar-refractivity contribution >= 4 is 17.7 Å². The number of nitrogens with zero attached hydrogens (tertiary/aromatic N) is 5. The van der Waals surface area contributed by atoms with Gasteiger partial charge in [0.05, 0.1) is 18.6 Å². The third-order valence-corrected chi connectivity index (χ3v) is 4.78. The Morgan fingerprint density at radius 3 is 2.77 bits per heavy atom. The van der Waals surface area contributed by atoms with Gasteiger partial charge in [-0.15, -0.1) is 10.2 Å². The van der Waals surface area contributed by atoms with Crippen LogP contribution in [0.3, 0.4) is 0 Å². The monoisotopic (exact) mass is 371 g/mol. The van der Waals surface area contributed by atoms with Gasteiger partial charge in [-0.3, -0.25) is 9.78 Å². The molecule has 0 aliphatic carbocycles. The van der Waals surface area contributed by atoms with E-state index in [2.05, 4.69) is 26.7 Å². The van der Waals surface area contributed by atoms with E-state index in [1.54, 1.807) is 30.6 Å². The molecule has 0 radical (unpaired) electrons. The summed E-state index contributed by atoms with van der Waals surface area (Å²) in [6.07, 6.45) is 6.03. The number of pyridine rings is 1. The van der Waals surface area contributed by atoms with Gasteiger partial charge in [-0.25, -0.2) is 0 Å². The molecule has 0 aliphatic rings. The van der Waals surface area contributed by atoms with Gasteiger partial charge in [0.1, 0.15) is 5.76 Å². The fraction of sp³-hybridized carbons (Fsp3) is 0.333. The van der Waals surface area contributed by atoms with Crippen LogP contribution in [0.15, 0.2) is 52.5 Å². The fourth-order valence-corrected chi connectivity index (χ4v) is 3.40. The van der Waals surface area contributed by atoms with Gasteiger partial charge >= 0.3 is 0 Å². The summed E-state index contributed by atoms with van der Waals surface area (Å²) in [5.74, 6) is 1.88. The molecular weight excluding hydrogens is 350 g/mol. The maximum Gasteiger partial charge on any atom is 0.233 e. The van der Waals surface area contributed by atoms with E-state index < -0.39 is 0 Å². The van der Waals surface area contributed by atoms with Crippen molar-refractivity contribution in [2.75, 3.05) is 12.8 Å². The Labute approximate surface area is 156 Å². The van der Waals surface area contributed by atoms with Crippen molar-refractivity contribution in [3.05, 3.63) is 48.7 Å². The zero-order valence-corrected chi connectivity index (χ0v) is 15.6. The average molecular weight is 371 g/mol. The van der Waals surface area contributed by atoms with Gasteiger partial charge in [0.15, 0.2) is 11.0 Å². The Hall–Kier alpha value is -2.61. The topological polar surface area (TPSA) is 77.0 Å². The third-order valence-electron chi connectivity index (χ3n) is 3.83. The number of aromatic nitrogens is 4. The summed E-state index contributed by atoms with van der Waals surface area (Å²) in [5, 5.41) is 9.35. The molecule has 136 valence electrons. The van der Waals surface area contributed by atoms with Gasteiger partial charge in [-0.2, -0.15) is 0 Å². The van der Waals surface area contributed by atoms with E-state index in [1.165, 1.54) is 11.8 Å². The van der Waals surface area contributed by atoms with Crippen LogP contribution in [0, 0.1) is 0 Å². The second kappa shape index (κ2) is 8.66. The molecule has 0 fully saturated rings. The Balaban J connectivity index is 1.67. The largest absolute Gasteiger partial charge is 0.467 e. The Bertz CT molecular complexity index is 833. The molecular formula is C18H21N5O2S. The highest BCUT2D eigenvalue weighted by Crippen LogP contribution is 2.24. The molecule has 0 N–H and O–H groups in total. The predicted molar refractivity (Wildman–Crippen MR) is 99.5 cm³/mol. The Morgan fingerprint density at radius 1 is 1.27 bits per heavy atom. The minimum Gasteiger partial charge on any atom is -0.467 e. The zero-order valence-electron chi connectivity index (χ0n) is 14.8. The summed E-state index contributed by atoms with van der Waals surface area (Å²) in [6, 6.07) is 7.49. The normalized spacial score (nSPS) is 10.8. The molecule has 0 saturated carbocycles. The first-order valence-electron chi connectivity index (χ1n) is 8.41. The van der Waals surface area contributed by atoms with Gasteiger partial charge in [-0.05, 0) is 30.7 Å². The smallest absolute Gasteiger partial charge is 0.233 e. The summed E-state index contributed by atoms with van der Waals surface area (Å²) in [6.45, 7) is 3.35. The van der Waals surface area contributed by atoms with E-state index in [4.69, 9.17) is 4.42 Å². The molecule has 0 bridgehead atoms. The van der Waals surface area contributed by atoms with Crippen LogP contribution in [0.2, 0.25) is 0 Å². The molecule has 0 aromatic carbocycles. The van der Waals surface area contributed by atoms with Crippen LogP contribution < -0.4 is 0 Å². The quantitative estimate of drug-likeness (QED) is 0.566. The number of carbonyl (C=O) groups excluding carboxylic acids is 1. The molecule has 7 nitrogen and oxygen atoms in total. The molecule has 3 aromatic heterocycles. The average Bonchev–Trinajstić information content (AvgIpc) is 3.31. The number of carbonyl (C=O) groups is 1. The number of thioether (sulfide) groups is 1. The van der Waals surface area contributed by atoms with E-state index in [0.717, 1.165) is 35.3 Å². The van der Waals surface area contributed by atoms with Crippen LogP contribution in [0.4, 0.5) is 0 Å². The molecule has 0 atom stereocenters. The third kappa shape index (κ3) is 4.32. The number of rotatable bonds is 8. The van der Waals surface area contributed by atoms with Gasteiger partial charge in [0.25, 0.3) is 0 Å². The Kier molecular flexibility index (Phi) is 6.06. The standard InChI is InChI=1S/C18H21N5O2S/c1-3-10-23-17(14-6-8-19-9-7-14)20-21-18(23)26-13-16(24)22(2)12-15-5-4-11-25-15/h4-9,11H,3,10,12-13H2,1-2H3. The lowest BCUT2D eigenvalue weighted by atomic mass is 10.2. The zero-order chi connectivity index (χ0) is 18.4. The van der Waals surface area contributed by atoms with Gasteiger partial charge in [-0.1, -0.05) is 18.7 Å². The second-order valence-corrected chi connectivity index (χ2v) is 6.75. The SMILES string of the molecule is CCCn1c(SCC(=O)N(C)Cc2ccco2)nnc1-c1ccncc1. The summed E-state index contributed by atoms with van der Waals surface area (Å²) < 4.78 is 7.34. The molecule has 1 amide bonds. The number of furan rings is 1. The minimum absolute atomic E-state index is 0.0166. The van der Waals surface area contributed by atoms with Crippen LogP contribution in [0.25, 0.3) is 11.4 Å². The molecule has 3 aromatic rings. The van der Waals surface area contributed by atoms with Crippen molar-refractivity contribution in [3.63, 3.8) is 0 Å². The first-order valence-corrected chi connectivity index (χ1v) is 9.40. The molecule has 0 saturated heterocycles. The lowest BCUT2D eigenvalue weighted by Crippen LogP contribution is -2.27. The number of amides is 1. The first kappa shape index (κ1) is 18.2. The van der Waals surface area contributed by atoms with Crippen LogP contribution in [0.1, 0.15) is 19.1 Å². The van der Waals surface area contributed by atoms with Crippen molar-refractivity contribution in [1.29, 1.82) is 0 Å². The van der Waals surface area contributed by atoms with Gasteiger partial charge in [0.2, 0.25) is 5.91 Å². The molecule has 3 rings (SSSR count). The molecule has 0 unspecified atom stereocenters. The van der Waals surface area contributed by atoms with Crippen LogP contribution in [0.5, 0.6) is 0 Å². The summed E-state index contributed by atoms with van der Waals surface area (Å²) >= 11 is 1.40. The summed E-state index contributed by atoms with van der Waals surface area (Å²) in [5.41, 5.74) is 0.967. The maximum absolute atomic E-state index is 12.4. The van der Waals surface area contributed by atoms with E-state index in [-0.39, 0.29) is 5.91 Å². The predicted octanol–water partition coefficient (Wildman–Crippen LogP) is 3.09. The highest BCUT2D eigenvalue weighted by molar-refractivity contribution is 7.99. The fourth-order valence-electron chi connectivity index (χ4n) is 2.50. The highest BCUT2D eigenvalue weighted by Gasteiger charge is 2.17. The van der Waals surface area contributed by atoms with Crippen molar-refractivity contribution in [2.45, 2.75) is 31.6 Å². The molecule has 3 heterocycles. The number of hydrogen-bond donors (Lipinski definition) is 0. The van der Waals surface area contributed by atoms with Crippen molar-refractivity contribution in [3.8, 4) is 11.4 Å². The van der Waals surface area contributed by atoms with Crippen molar-refractivity contribution in [1.82, 2.24) is 24.6 Å². The minimum atomic E-state index is 0.0166. The lowest BCUT2D eigenvalue weighted by Gasteiger charge is -2.15. The molecule has 0 spiro atoms. The van der Waals surface area contributed by atoms with E-state index >= 15 is 0 Å². The van der Waals surface area contributed by atoms with Crippen LogP contribution >= 0.6 is 11.8 Å². The highest BCUT2D eigenvalue weighted by atomic mass is 32.2. The van der Waals surface area contributed by atoms with E-state index in [1.807, 2.05) is 24.3 Å². The van der Waals surface area contributed by atoms with E-state index in [9.17, 15) is 4.79 Å². The lowest BCUT2D eigenvalue weighted by molar-refractivity contribution is -0.127. The van der Waals surface area contributed by atoms with E-state index in [0.29, 0.717) is 12.3 Å². The molecule has 8 heteroatoms. The van der Waals surface area contributed by atoms with Gasteiger partial charge in [0, 0.05) is 31.5 Å². The second-order valence-electron chi connectivity index (χ2n) is 5.81. The maximum atomic E-state index is 12.4. The summed E-state index contributed by atoms with van der Waals surface area (Å²) in [7, 11) is 1.77. The van der Waals surface area contributed by atoms with Crippen LogP contribution in [-0.2, 0) is 17.9 Å². The van der Waals surface area contributed by atoms with Crippen molar-refractivity contribution in [2.24, 2.45) is 0 Å². The first-order chi connectivity index (χ1) is 12.7. The van der Waals surface area contributed by atoms with Crippen molar-refractivity contribution < 1.29 is 9.21 Å².